The highest BCUT2D eigenvalue weighted by Crippen LogP contribution is 2.30. The maximum Gasteiger partial charge on any atom is 0.261 e. The lowest BCUT2D eigenvalue weighted by molar-refractivity contribution is 0.0677. The van der Waals surface area contributed by atoms with Gasteiger partial charge in [0.05, 0.1) is 18.6 Å². The Morgan fingerprint density at radius 1 is 1.33 bits per heavy atom. The van der Waals surface area contributed by atoms with Crippen molar-refractivity contribution in [2.24, 2.45) is 0 Å². The predicted molar refractivity (Wildman–Crippen MR) is 91.3 cm³/mol. The van der Waals surface area contributed by atoms with Gasteiger partial charge in [-0.05, 0) is 32.6 Å². The van der Waals surface area contributed by atoms with Crippen LogP contribution >= 0.6 is 0 Å². The number of carbonyl (C=O) groups excluding carboxylic acids is 1. The molecule has 1 aliphatic heterocycles. The van der Waals surface area contributed by atoms with E-state index in [0.29, 0.717) is 19.5 Å². The molecular formula is C16H24N2O5S. The fourth-order valence-corrected chi connectivity index (χ4v) is 4.56. The van der Waals surface area contributed by atoms with Gasteiger partial charge in [-0.15, -0.1) is 0 Å². The number of hydrogen-bond acceptors (Lipinski definition) is 6. The van der Waals surface area contributed by atoms with Crippen molar-refractivity contribution in [1.29, 1.82) is 0 Å². The minimum Gasteiger partial charge on any atom is -0.507 e. The quantitative estimate of drug-likeness (QED) is 0.803. The number of amides is 1. The van der Waals surface area contributed by atoms with Crippen molar-refractivity contribution in [3.63, 3.8) is 0 Å². The number of phenols is 1. The predicted octanol–water partition coefficient (Wildman–Crippen LogP) is 0.592. The zero-order chi connectivity index (χ0) is 17.9. The standard InChI is InChI=1S/C16H24N2O5S/c1-17(2)8-9-18(12-7-10-24(21,22)11-12)16(20)15-13(19)5-4-6-14(15)23-3/h4-6,12,19H,7-11H2,1-3H3. The van der Waals surface area contributed by atoms with Crippen LogP contribution in [0.4, 0.5) is 0 Å². The highest BCUT2D eigenvalue weighted by molar-refractivity contribution is 7.91. The average Bonchev–Trinajstić information content (AvgIpc) is 2.86. The molecule has 2 rings (SSSR count). The van der Waals surface area contributed by atoms with Crippen molar-refractivity contribution in [1.82, 2.24) is 9.80 Å². The topological polar surface area (TPSA) is 87.2 Å². The summed E-state index contributed by atoms with van der Waals surface area (Å²) >= 11 is 0. The molecule has 8 heteroatoms. The summed E-state index contributed by atoms with van der Waals surface area (Å²) < 4.78 is 28.8. The molecule has 1 saturated heterocycles. The molecule has 1 aromatic carbocycles. The van der Waals surface area contributed by atoms with Gasteiger partial charge < -0.3 is 19.6 Å². The molecule has 1 heterocycles. The number of carbonyl (C=O) groups is 1. The Balaban J connectivity index is 2.34. The van der Waals surface area contributed by atoms with E-state index in [9.17, 15) is 18.3 Å². The molecule has 24 heavy (non-hydrogen) atoms. The molecule has 1 amide bonds. The lowest BCUT2D eigenvalue weighted by Crippen LogP contribution is -2.44. The van der Waals surface area contributed by atoms with Crippen LogP contribution in [-0.2, 0) is 9.84 Å². The molecule has 1 atom stereocenters. The number of hydrogen-bond donors (Lipinski definition) is 1. The van der Waals surface area contributed by atoms with Crippen LogP contribution in [0.1, 0.15) is 16.8 Å². The van der Waals surface area contributed by atoms with Gasteiger partial charge in [0.15, 0.2) is 9.84 Å². The van der Waals surface area contributed by atoms with E-state index in [1.165, 1.54) is 13.2 Å². The van der Waals surface area contributed by atoms with Gasteiger partial charge in [0.1, 0.15) is 17.1 Å². The Morgan fingerprint density at radius 2 is 2.04 bits per heavy atom. The van der Waals surface area contributed by atoms with Crippen LogP contribution < -0.4 is 4.74 Å². The van der Waals surface area contributed by atoms with Crippen LogP contribution in [-0.4, -0.2) is 81.1 Å². The number of phenolic OH excluding ortho intramolecular Hbond substituents is 1. The zero-order valence-corrected chi connectivity index (χ0v) is 15.0. The van der Waals surface area contributed by atoms with Gasteiger partial charge in [-0.2, -0.15) is 0 Å². The van der Waals surface area contributed by atoms with Crippen molar-refractivity contribution >= 4 is 15.7 Å². The summed E-state index contributed by atoms with van der Waals surface area (Å²) in [7, 11) is 2.07. The second kappa shape index (κ2) is 7.40. The molecule has 1 unspecified atom stereocenters. The second-order valence-electron chi connectivity index (χ2n) is 6.21. The maximum atomic E-state index is 13.0. The van der Waals surface area contributed by atoms with Crippen molar-refractivity contribution in [3.05, 3.63) is 23.8 Å². The number of methoxy groups -OCH3 is 1. The summed E-state index contributed by atoms with van der Waals surface area (Å²) in [4.78, 5) is 16.5. The van der Waals surface area contributed by atoms with Crippen LogP contribution in [0.5, 0.6) is 11.5 Å². The molecule has 0 aliphatic carbocycles. The van der Waals surface area contributed by atoms with Gasteiger partial charge in [-0.3, -0.25) is 4.79 Å². The fraction of sp³-hybridized carbons (Fsp3) is 0.562. The Morgan fingerprint density at radius 3 is 2.58 bits per heavy atom. The van der Waals surface area contributed by atoms with Crippen LogP contribution in [0.2, 0.25) is 0 Å². The monoisotopic (exact) mass is 356 g/mol. The normalized spacial score (nSPS) is 19.4. The number of rotatable bonds is 6. The number of likely N-dealkylation sites (N-methyl/N-ethyl adjacent to an activating group) is 1. The first-order valence-electron chi connectivity index (χ1n) is 7.77. The summed E-state index contributed by atoms with van der Waals surface area (Å²) in [5, 5.41) is 10.1. The highest BCUT2D eigenvalue weighted by atomic mass is 32.2. The molecule has 1 N–H and O–H groups in total. The third-order valence-corrected chi connectivity index (χ3v) is 5.89. The van der Waals surface area contributed by atoms with Gasteiger partial charge in [-0.1, -0.05) is 6.07 Å². The lowest BCUT2D eigenvalue weighted by Gasteiger charge is -2.30. The number of benzene rings is 1. The van der Waals surface area contributed by atoms with E-state index in [2.05, 4.69) is 0 Å². The first-order valence-corrected chi connectivity index (χ1v) is 9.59. The van der Waals surface area contributed by atoms with E-state index in [4.69, 9.17) is 4.74 Å². The number of ether oxygens (including phenoxy) is 1. The molecule has 0 bridgehead atoms. The Hall–Kier alpha value is -1.80. The van der Waals surface area contributed by atoms with E-state index < -0.39 is 15.7 Å². The molecule has 1 aliphatic rings. The van der Waals surface area contributed by atoms with E-state index in [-0.39, 0.29) is 34.6 Å². The number of aromatic hydroxyl groups is 1. The lowest BCUT2D eigenvalue weighted by atomic mass is 10.1. The minimum atomic E-state index is -3.12. The molecule has 134 valence electrons. The van der Waals surface area contributed by atoms with E-state index in [1.807, 2.05) is 19.0 Å². The van der Waals surface area contributed by atoms with Gasteiger partial charge >= 0.3 is 0 Å². The largest absolute Gasteiger partial charge is 0.507 e. The molecule has 1 fully saturated rings. The van der Waals surface area contributed by atoms with Crippen molar-refractivity contribution in [3.8, 4) is 11.5 Å². The van der Waals surface area contributed by atoms with Gasteiger partial charge in [0.25, 0.3) is 5.91 Å². The molecule has 7 nitrogen and oxygen atoms in total. The summed E-state index contributed by atoms with van der Waals surface area (Å²) in [6, 6.07) is 4.23. The summed E-state index contributed by atoms with van der Waals surface area (Å²) in [6.45, 7) is 0.974. The first-order chi connectivity index (χ1) is 11.2. The van der Waals surface area contributed by atoms with Crippen LogP contribution in [0.25, 0.3) is 0 Å². The molecule has 0 aromatic heterocycles. The summed E-state index contributed by atoms with van der Waals surface area (Å²) in [5.74, 6) is -0.261. The molecule has 0 spiro atoms. The third kappa shape index (κ3) is 4.18. The van der Waals surface area contributed by atoms with Gasteiger partial charge in [-0.25, -0.2) is 8.42 Å². The van der Waals surface area contributed by atoms with Crippen LogP contribution in [0.3, 0.4) is 0 Å². The third-order valence-electron chi connectivity index (χ3n) is 4.14. The fourth-order valence-electron chi connectivity index (χ4n) is 2.83. The minimum absolute atomic E-state index is 0.0396. The molecule has 0 saturated carbocycles. The molecule has 0 radical (unpaired) electrons. The highest BCUT2D eigenvalue weighted by Gasteiger charge is 2.36. The zero-order valence-electron chi connectivity index (χ0n) is 14.2. The summed E-state index contributed by atoms with van der Waals surface area (Å²) in [6.07, 6.45) is 0.414. The smallest absolute Gasteiger partial charge is 0.261 e. The Labute approximate surface area is 142 Å². The second-order valence-corrected chi connectivity index (χ2v) is 8.44. The van der Waals surface area contributed by atoms with E-state index in [1.54, 1.807) is 17.0 Å². The van der Waals surface area contributed by atoms with Crippen molar-refractivity contribution < 1.29 is 23.1 Å². The van der Waals surface area contributed by atoms with E-state index >= 15 is 0 Å². The number of nitrogens with zero attached hydrogens (tertiary/aromatic N) is 2. The molecule has 1 aromatic rings. The van der Waals surface area contributed by atoms with Crippen LogP contribution in [0.15, 0.2) is 18.2 Å². The van der Waals surface area contributed by atoms with Crippen molar-refractivity contribution in [2.45, 2.75) is 12.5 Å². The molecular weight excluding hydrogens is 332 g/mol. The van der Waals surface area contributed by atoms with Gasteiger partial charge in [0, 0.05) is 19.1 Å². The SMILES string of the molecule is COc1cccc(O)c1C(=O)N(CCN(C)C)C1CCS(=O)(=O)C1. The van der Waals surface area contributed by atoms with Crippen LogP contribution in [0, 0.1) is 0 Å². The maximum absolute atomic E-state index is 13.0. The Kier molecular flexibility index (Phi) is 5.71. The first kappa shape index (κ1) is 18.5. The van der Waals surface area contributed by atoms with Crippen molar-refractivity contribution in [2.75, 3.05) is 45.8 Å². The number of sulfone groups is 1. The Bertz CT molecular complexity index is 702. The average molecular weight is 356 g/mol. The summed E-state index contributed by atoms with van der Waals surface area (Å²) in [5.41, 5.74) is 0.0723. The van der Waals surface area contributed by atoms with E-state index in [0.717, 1.165) is 0 Å². The van der Waals surface area contributed by atoms with Gasteiger partial charge in [0.2, 0.25) is 0 Å².